The van der Waals surface area contributed by atoms with Crippen LogP contribution < -0.4 is 10.1 Å². The van der Waals surface area contributed by atoms with Gasteiger partial charge in [0.05, 0.1) is 13.3 Å². The van der Waals surface area contributed by atoms with Crippen LogP contribution in [0, 0.1) is 12.7 Å². The van der Waals surface area contributed by atoms with Crippen molar-refractivity contribution in [2.24, 2.45) is 0 Å². The average Bonchev–Trinajstić information content (AvgIpc) is 2.89. The minimum absolute atomic E-state index is 0.157. The maximum Gasteiger partial charge on any atom is 0.165 e. The SMILES string of the molecule is COc1cc(C(C)NCCCc2cn[nH]c2C)ccc1F. The Morgan fingerprint density at radius 1 is 1.43 bits per heavy atom. The number of hydrogen-bond acceptors (Lipinski definition) is 3. The fourth-order valence-corrected chi connectivity index (χ4v) is 2.29. The summed E-state index contributed by atoms with van der Waals surface area (Å²) >= 11 is 0. The first-order chi connectivity index (χ1) is 10.1. The van der Waals surface area contributed by atoms with Gasteiger partial charge in [0.1, 0.15) is 0 Å². The minimum Gasteiger partial charge on any atom is -0.494 e. The molecular formula is C16H22FN3O. The van der Waals surface area contributed by atoms with Gasteiger partial charge in [-0.25, -0.2) is 4.39 Å². The average molecular weight is 291 g/mol. The maximum absolute atomic E-state index is 13.4. The van der Waals surface area contributed by atoms with Crippen molar-refractivity contribution in [1.82, 2.24) is 15.5 Å². The lowest BCUT2D eigenvalue weighted by Gasteiger charge is -2.15. The lowest BCUT2D eigenvalue weighted by Crippen LogP contribution is -2.20. The third kappa shape index (κ3) is 4.04. The zero-order valence-electron chi connectivity index (χ0n) is 12.7. The minimum atomic E-state index is -0.330. The van der Waals surface area contributed by atoms with Crippen molar-refractivity contribution in [3.05, 3.63) is 47.0 Å². The van der Waals surface area contributed by atoms with Crippen molar-refractivity contribution in [1.29, 1.82) is 0 Å². The van der Waals surface area contributed by atoms with Gasteiger partial charge in [-0.15, -0.1) is 0 Å². The fraction of sp³-hybridized carbons (Fsp3) is 0.438. The van der Waals surface area contributed by atoms with Gasteiger partial charge in [0.15, 0.2) is 11.6 Å². The number of rotatable bonds is 7. The molecule has 1 heterocycles. The van der Waals surface area contributed by atoms with E-state index in [1.54, 1.807) is 12.1 Å². The first kappa shape index (κ1) is 15.5. The molecule has 2 aromatic rings. The Morgan fingerprint density at radius 3 is 2.90 bits per heavy atom. The Kier molecular flexibility index (Phi) is 5.33. The second-order valence-corrected chi connectivity index (χ2v) is 5.19. The van der Waals surface area contributed by atoms with E-state index in [0.29, 0.717) is 0 Å². The second kappa shape index (κ2) is 7.22. The van der Waals surface area contributed by atoms with E-state index in [1.165, 1.54) is 18.7 Å². The van der Waals surface area contributed by atoms with Crippen LogP contribution in [-0.4, -0.2) is 23.9 Å². The van der Waals surface area contributed by atoms with Crippen molar-refractivity contribution in [2.45, 2.75) is 32.7 Å². The molecule has 5 heteroatoms. The summed E-state index contributed by atoms with van der Waals surface area (Å²) in [5, 5.41) is 10.4. The van der Waals surface area contributed by atoms with Crippen LogP contribution in [0.3, 0.4) is 0 Å². The van der Waals surface area contributed by atoms with E-state index in [1.807, 2.05) is 13.1 Å². The van der Waals surface area contributed by atoms with E-state index >= 15 is 0 Å². The molecule has 2 rings (SSSR count). The van der Waals surface area contributed by atoms with E-state index in [0.717, 1.165) is 30.6 Å². The topological polar surface area (TPSA) is 49.9 Å². The first-order valence-corrected chi connectivity index (χ1v) is 7.17. The highest BCUT2D eigenvalue weighted by molar-refractivity contribution is 5.31. The molecule has 0 aliphatic rings. The number of H-pyrrole nitrogens is 1. The van der Waals surface area contributed by atoms with Crippen molar-refractivity contribution in [3.63, 3.8) is 0 Å². The molecule has 0 aliphatic carbocycles. The molecule has 0 amide bonds. The number of ether oxygens (including phenoxy) is 1. The van der Waals surface area contributed by atoms with E-state index in [9.17, 15) is 4.39 Å². The second-order valence-electron chi connectivity index (χ2n) is 5.19. The van der Waals surface area contributed by atoms with Crippen LogP contribution in [0.25, 0.3) is 0 Å². The van der Waals surface area contributed by atoms with E-state index in [-0.39, 0.29) is 17.6 Å². The number of aryl methyl sites for hydroxylation is 2. The highest BCUT2D eigenvalue weighted by atomic mass is 19.1. The smallest absolute Gasteiger partial charge is 0.165 e. The number of halogens is 1. The van der Waals surface area contributed by atoms with Gasteiger partial charge in [-0.05, 0) is 56.5 Å². The van der Waals surface area contributed by atoms with Gasteiger partial charge < -0.3 is 10.1 Å². The Bertz CT molecular complexity index is 583. The zero-order chi connectivity index (χ0) is 15.2. The molecule has 1 aromatic heterocycles. The number of nitrogens with zero attached hydrogens (tertiary/aromatic N) is 1. The summed E-state index contributed by atoms with van der Waals surface area (Å²) in [5.41, 5.74) is 3.41. The van der Waals surface area contributed by atoms with E-state index in [2.05, 4.69) is 22.4 Å². The highest BCUT2D eigenvalue weighted by Crippen LogP contribution is 2.22. The third-order valence-electron chi connectivity index (χ3n) is 3.68. The molecule has 0 bridgehead atoms. The fourth-order valence-electron chi connectivity index (χ4n) is 2.29. The Morgan fingerprint density at radius 2 is 2.24 bits per heavy atom. The predicted octanol–water partition coefficient (Wildman–Crippen LogP) is 3.15. The van der Waals surface area contributed by atoms with Crippen LogP contribution in [0.4, 0.5) is 4.39 Å². The lowest BCUT2D eigenvalue weighted by atomic mass is 10.1. The van der Waals surface area contributed by atoms with Crippen molar-refractivity contribution < 1.29 is 9.13 Å². The molecule has 0 saturated heterocycles. The molecule has 1 aromatic carbocycles. The van der Waals surface area contributed by atoms with Gasteiger partial charge in [0.25, 0.3) is 0 Å². The summed E-state index contributed by atoms with van der Waals surface area (Å²) in [6.07, 6.45) is 3.90. The van der Waals surface area contributed by atoms with Crippen LogP contribution in [0.15, 0.2) is 24.4 Å². The first-order valence-electron chi connectivity index (χ1n) is 7.17. The highest BCUT2D eigenvalue weighted by Gasteiger charge is 2.09. The molecule has 0 spiro atoms. The van der Waals surface area contributed by atoms with Crippen LogP contribution in [0.1, 0.15) is 36.2 Å². The quantitative estimate of drug-likeness (QED) is 0.770. The molecule has 21 heavy (non-hydrogen) atoms. The van der Waals surface area contributed by atoms with Crippen LogP contribution in [0.5, 0.6) is 5.75 Å². The number of methoxy groups -OCH3 is 1. The predicted molar refractivity (Wildman–Crippen MR) is 81.0 cm³/mol. The molecule has 1 unspecified atom stereocenters. The van der Waals surface area contributed by atoms with Crippen LogP contribution in [0.2, 0.25) is 0 Å². The van der Waals surface area contributed by atoms with Crippen molar-refractivity contribution in [3.8, 4) is 5.75 Å². The molecule has 1 atom stereocenters. The monoisotopic (exact) mass is 291 g/mol. The van der Waals surface area contributed by atoms with Crippen molar-refractivity contribution in [2.75, 3.05) is 13.7 Å². The van der Waals surface area contributed by atoms with E-state index < -0.39 is 0 Å². The van der Waals surface area contributed by atoms with Crippen LogP contribution in [-0.2, 0) is 6.42 Å². The summed E-state index contributed by atoms with van der Waals surface area (Å²) in [4.78, 5) is 0. The molecule has 2 N–H and O–H groups in total. The lowest BCUT2D eigenvalue weighted by molar-refractivity contribution is 0.385. The van der Waals surface area contributed by atoms with Gasteiger partial charge in [-0.2, -0.15) is 5.10 Å². The summed E-state index contributed by atoms with van der Waals surface area (Å²) in [6.45, 7) is 4.99. The van der Waals surface area contributed by atoms with Crippen molar-refractivity contribution >= 4 is 0 Å². The third-order valence-corrected chi connectivity index (χ3v) is 3.68. The summed E-state index contributed by atoms with van der Waals surface area (Å²) in [6, 6.07) is 5.13. The van der Waals surface area contributed by atoms with Gasteiger partial charge in [-0.3, -0.25) is 5.10 Å². The molecule has 0 saturated carbocycles. The molecule has 0 aliphatic heterocycles. The summed E-state index contributed by atoms with van der Waals surface area (Å²) in [5.74, 6) is -0.0425. The summed E-state index contributed by atoms with van der Waals surface area (Å²) in [7, 11) is 1.48. The number of aromatic nitrogens is 2. The van der Waals surface area contributed by atoms with Gasteiger partial charge in [0.2, 0.25) is 0 Å². The Hall–Kier alpha value is -1.88. The van der Waals surface area contributed by atoms with Gasteiger partial charge >= 0.3 is 0 Å². The molecule has 114 valence electrons. The Balaban J connectivity index is 1.82. The normalized spacial score (nSPS) is 12.4. The van der Waals surface area contributed by atoms with Crippen LogP contribution >= 0.6 is 0 Å². The molecule has 0 fully saturated rings. The maximum atomic E-state index is 13.4. The number of nitrogens with one attached hydrogen (secondary N) is 2. The summed E-state index contributed by atoms with van der Waals surface area (Å²) < 4.78 is 18.4. The Labute approximate surface area is 124 Å². The number of hydrogen-bond donors (Lipinski definition) is 2. The molecular weight excluding hydrogens is 269 g/mol. The largest absolute Gasteiger partial charge is 0.494 e. The zero-order valence-corrected chi connectivity index (χ0v) is 12.7. The number of aromatic amines is 1. The van der Waals surface area contributed by atoms with Gasteiger partial charge in [-0.1, -0.05) is 6.07 Å². The molecule has 0 radical (unpaired) electrons. The standard InChI is InChI=1S/C16H22FN3O/c1-11(13-6-7-15(17)16(9-13)21-3)18-8-4-5-14-10-19-20-12(14)2/h6-7,9-11,18H,4-5,8H2,1-3H3,(H,19,20). The molecule has 4 nitrogen and oxygen atoms in total. The van der Waals surface area contributed by atoms with Gasteiger partial charge in [0, 0.05) is 11.7 Å². The number of benzene rings is 1. The van der Waals surface area contributed by atoms with E-state index in [4.69, 9.17) is 4.74 Å².